The van der Waals surface area contributed by atoms with Crippen LogP contribution in [0.25, 0.3) is 0 Å². The number of nitro benzene ring substituents is 1. The summed E-state index contributed by atoms with van der Waals surface area (Å²) in [6.45, 7) is 4.31. The van der Waals surface area contributed by atoms with Crippen molar-refractivity contribution in [3.8, 4) is 5.75 Å². The van der Waals surface area contributed by atoms with Crippen LogP contribution in [0.3, 0.4) is 0 Å². The molecule has 2 rings (SSSR count). The molecule has 1 aliphatic rings. The highest BCUT2D eigenvalue weighted by Gasteiger charge is 2.22. The van der Waals surface area contributed by atoms with Crippen molar-refractivity contribution in [1.82, 2.24) is 5.32 Å². The van der Waals surface area contributed by atoms with E-state index in [0.29, 0.717) is 18.1 Å². The number of nitro groups is 1. The summed E-state index contributed by atoms with van der Waals surface area (Å²) in [4.78, 5) is 22.8. The van der Waals surface area contributed by atoms with Gasteiger partial charge >= 0.3 is 5.69 Å². The molecule has 22 heavy (non-hydrogen) atoms. The Morgan fingerprint density at radius 3 is 2.64 bits per heavy atom. The Labute approximate surface area is 130 Å². The van der Waals surface area contributed by atoms with E-state index in [9.17, 15) is 14.9 Å². The van der Waals surface area contributed by atoms with Crippen LogP contribution in [0, 0.1) is 16.0 Å². The highest BCUT2D eigenvalue weighted by Crippen LogP contribution is 2.28. The van der Waals surface area contributed by atoms with E-state index in [0.717, 1.165) is 25.7 Å². The predicted molar refractivity (Wildman–Crippen MR) is 83.2 cm³/mol. The maximum Gasteiger partial charge on any atom is 0.311 e. The SMILES string of the molecule is CCOc1ccc(C(=O)NC2CCC(C)CC2)cc1[N+](=O)[O-]. The summed E-state index contributed by atoms with van der Waals surface area (Å²) < 4.78 is 5.22. The van der Waals surface area contributed by atoms with Crippen molar-refractivity contribution in [1.29, 1.82) is 0 Å². The number of rotatable bonds is 5. The topological polar surface area (TPSA) is 81.5 Å². The average Bonchev–Trinajstić information content (AvgIpc) is 2.50. The number of hydrogen-bond donors (Lipinski definition) is 1. The van der Waals surface area contributed by atoms with E-state index in [2.05, 4.69) is 12.2 Å². The quantitative estimate of drug-likeness (QED) is 0.668. The third-order valence-corrected chi connectivity index (χ3v) is 4.07. The molecule has 0 unspecified atom stereocenters. The first-order chi connectivity index (χ1) is 10.5. The van der Waals surface area contributed by atoms with Crippen molar-refractivity contribution < 1.29 is 14.5 Å². The second-order valence-electron chi connectivity index (χ2n) is 5.80. The Balaban J connectivity index is 2.09. The van der Waals surface area contributed by atoms with Crippen molar-refractivity contribution in [3.05, 3.63) is 33.9 Å². The Morgan fingerprint density at radius 2 is 2.05 bits per heavy atom. The van der Waals surface area contributed by atoms with Crippen LogP contribution in [-0.4, -0.2) is 23.5 Å². The van der Waals surface area contributed by atoms with Gasteiger partial charge in [-0.05, 0) is 50.7 Å². The van der Waals surface area contributed by atoms with Gasteiger partial charge in [0.05, 0.1) is 11.5 Å². The van der Waals surface area contributed by atoms with Crippen LogP contribution in [0.2, 0.25) is 0 Å². The fourth-order valence-corrected chi connectivity index (χ4v) is 2.75. The maximum atomic E-state index is 12.3. The lowest BCUT2D eigenvalue weighted by molar-refractivity contribution is -0.385. The lowest BCUT2D eigenvalue weighted by atomic mass is 9.87. The smallest absolute Gasteiger partial charge is 0.311 e. The van der Waals surface area contributed by atoms with Gasteiger partial charge in [0.2, 0.25) is 0 Å². The lowest BCUT2D eigenvalue weighted by Crippen LogP contribution is -2.37. The molecule has 0 aromatic heterocycles. The molecule has 6 heteroatoms. The van der Waals surface area contributed by atoms with Gasteiger partial charge in [-0.1, -0.05) is 6.92 Å². The molecule has 0 aliphatic heterocycles. The predicted octanol–water partition coefficient (Wildman–Crippen LogP) is 3.30. The molecule has 1 aliphatic carbocycles. The molecule has 1 fully saturated rings. The molecule has 0 heterocycles. The van der Waals surface area contributed by atoms with E-state index >= 15 is 0 Å². The Morgan fingerprint density at radius 1 is 1.36 bits per heavy atom. The maximum absolute atomic E-state index is 12.3. The van der Waals surface area contributed by atoms with Crippen molar-refractivity contribution in [2.75, 3.05) is 6.61 Å². The Bertz CT molecular complexity index is 551. The molecule has 1 aromatic carbocycles. The molecule has 1 amide bonds. The van der Waals surface area contributed by atoms with Crippen molar-refractivity contribution >= 4 is 11.6 Å². The fourth-order valence-electron chi connectivity index (χ4n) is 2.75. The van der Waals surface area contributed by atoms with E-state index in [-0.39, 0.29) is 23.4 Å². The summed E-state index contributed by atoms with van der Waals surface area (Å²) in [5, 5.41) is 14.1. The normalized spacial score (nSPS) is 21.2. The van der Waals surface area contributed by atoms with Crippen molar-refractivity contribution in [2.45, 2.75) is 45.6 Å². The van der Waals surface area contributed by atoms with Crippen LogP contribution >= 0.6 is 0 Å². The summed E-state index contributed by atoms with van der Waals surface area (Å²) >= 11 is 0. The third-order valence-electron chi connectivity index (χ3n) is 4.07. The highest BCUT2D eigenvalue weighted by molar-refractivity contribution is 5.95. The van der Waals surface area contributed by atoms with Gasteiger partial charge in [0.15, 0.2) is 5.75 Å². The summed E-state index contributed by atoms with van der Waals surface area (Å²) in [7, 11) is 0. The van der Waals surface area contributed by atoms with Crippen LogP contribution in [0.5, 0.6) is 5.75 Å². The molecule has 0 spiro atoms. The van der Waals surface area contributed by atoms with Crippen LogP contribution in [0.4, 0.5) is 5.69 Å². The van der Waals surface area contributed by atoms with Crippen LogP contribution < -0.4 is 10.1 Å². The van der Waals surface area contributed by atoms with Gasteiger partial charge in [0, 0.05) is 17.7 Å². The van der Waals surface area contributed by atoms with Gasteiger partial charge in [-0.15, -0.1) is 0 Å². The van der Waals surface area contributed by atoms with E-state index in [1.165, 1.54) is 12.1 Å². The van der Waals surface area contributed by atoms with E-state index in [1.807, 2.05) is 0 Å². The second-order valence-corrected chi connectivity index (χ2v) is 5.80. The number of ether oxygens (including phenoxy) is 1. The molecule has 1 aromatic rings. The zero-order valence-electron chi connectivity index (χ0n) is 13.0. The zero-order chi connectivity index (χ0) is 16.1. The molecule has 1 N–H and O–H groups in total. The molecule has 0 saturated heterocycles. The van der Waals surface area contributed by atoms with E-state index < -0.39 is 4.92 Å². The number of hydrogen-bond acceptors (Lipinski definition) is 4. The summed E-state index contributed by atoms with van der Waals surface area (Å²) in [6.07, 6.45) is 4.14. The third kappa shape index (κ3) is 3.96. The monoisotopic (exact) mass is 306 g/mol. The second kappa shape index (κ2) is 7.24. The first kappa shape index (κ1) is 16.3. The van der Waals surface area contributed by atoms with Gasteiger partial charge in [-0.3, -0.25) is 14.9 Å². The van der Waals surface area contributed by atoms with Crippen LogP contribution in [0.15, 0.2) is 18.2 Å². The fraction of sp³-hybridized carbons (Fsp3) is 0.562. The summed E-state index contributed by atoms with van der Waals surface area (Å²) in [5.41, 5.74) is 0.126. The van der Waals surface area contributed by atoms with Crippen LogP contribution in [-0.2, 0) is 0 Å². The average molecular weight is 306 g/mol. The molecule has 120 valence electrons. The number of carbonyl (C=O) groups excluding carboxylic acids is 1. The van der Waals surface area contributed by atoms with E-state index in [4.69, 9.17) is 4.74 Å². The molecule has 6 nitrogen and oxygen atoms in total. The largest absolute Gasteiger partial charge is 0.487 e. The van der Waals surface area contributed by atoms with Crippen molar-refractivity contribution in [2.24, 2.45) is 5.92 Å². The van der Waals surface area contributed by atoms with Gasteiger partial charge < -0.3 is 10.1 Å². The molecular formula is C16H22N2O4. The van der Waals surface area contributed by atoms with E-state index in [1.54, 1.807) is 13.0 Å². The summed E-state index contributed by atoms with van der Waals surface area (Å²) in [5.74, 6) is 0.640. The molecule has 0 radical (unpaired) electrons. The molecule has 0 bridgehead atoms. The number of amides is 1. The number of nitrogens with one attached hydrogen (secondary N) is 1. The minimum absolute atomic E-state index is 0.161. The first-order valence-electron chi connectivity index (χ1n) is 7.73. The standard InChI is InChI=1S/C16H22N2O4/c1-3-22-15-9-6-12(10-14(15)18(20)21)16(19)17-13-7-4-11(2)5-8-13/h6,9-11,13H,3-5,7-8H2,1-2H3,(H,17,19). The van der Waals surface area contributed by atoms with Gasteiger partial charge in [-0.25, -0.2) is 0 Å². The lowest BCUT2D eigenvalue weighted by Gasteiger charge is -2.26. The molecule has 1 saturated carbocycles. The molecule has 0 atom stereocenters. The number of benzene rings is 1. The molecular weight excluding hydrogens is 284 g/mol. The zero-order valence-corrected chi connectivity index (χ0v) is 13.0. The first-order valence-corrected chi connectivity index (χ1v) is 7.73. The number of carbonyl (C=O) groups is 1. The van der Waals surface area contributed by atoms with Gasteiger partial charge in [0.1, 0.15) is 0 Å². The van der Waals surface area contributed by atoms with Crippen molar-refractivity contribution in [3.63, 3.8) is 0 Å². The Hall–Kier alpha value is -2.11. The van der Waals surface area contributed by atoms with Crippen LogP contribution in [0.1, 0.15) is 49.9 Å². The Kier molecular flexibility index (Phi) is 5.35. The minimum Gasteiger partial charge on any atom is -0.487 e. The van der Waals surface area contributed by atoms with Gasteiger partial charge in [0.25, 0.3) is 5.91 Å². The minimum atomic E-state index is -0.524. The highest BCUT2D eigenvalue weighted by atomic mass is 16.6. The van der Waals surface area contributed by atoms with Gasteiger partial charge in [-0.2, -0.15) is 0 Å². The summed E-state index contributed by atoms with van der Waals surface area (Å²) in [6, 6.07) is 4.50. The number of nitrogens with zero attached hydrogens (tertiary/aromatic N) is 1.